The Labute approximate surface area is 124 Å². The Hall–Kier alpha value is 0.719. The number of aliphatic hydroxyl groups excluding tert-OH is 2. The summed E-state index contributed by atoms with van der Waals surface area (Å²) >= 11 is -2.32. The summed E-state index contributed by atoms with van der Waals surface area (Å²) < 4.78 is 4.62. The van der Waals surface area contributed by atoms with Gasteiger partial charge in [-0.05, 0) is 0 Å². The van der Waals surface area contributed by atoms with Crippen molar-refractivity contribution in [3.05, 3.63) is 0 Å². The zero-order valence-corrected chi connectivity index (χ0v) is 16.5. The Bertz CT molecular complexity index is 187. The van der Waals surface area contributed by atoms with Crippen molar-refractivity contribution < 1.29 is 10.2 Å². The molecule has 0 radical (unpaired) electrons. The normalized spacial score (nSPS) is 15.5. The van der Waals surface area contributed by atoms with Crippen LogP contribution < -0.4 is 0 Å². The number of rotatable bonds is 12. The number of hydrogen-bond donors (Lipinski definition) is 2. The van der Waals surface area contributed by atoms with Gasteiger partial charge in [-0.15, -0.1) is 0 Å². The quantitative estimate of drug-likeness (QED) is 0.488. The molecule has 0 heterocycles. The van der Waals surface area contributed by atoms with Crippen LogP contribution in [0.25, 0.3) is 0 Å². The zero-order valence-electron chi connectivity index (χ0n) is 13.6. The Kier molecular flexibility index (Phi) is 11.8. The average Bonchev–Trinajstić information content (AvgIpc) is 2.45. The summed E-state index contributed by atoms with van der Waals surface area (Å²) in [4.78, 5) is 0. The summed E-state index contributed by atoms with van der Waals surface area (Å²) in [6, 6.07) is 0. The number of hydrogen-bond acceptors (Lipinski definition) is 2. The molecule has 0 bridgehead atoms. The Morgan fingerprint density at radius 2 is 1.21 bits per heavy atom. The molecule has 0 aliphatic heterocycles. The molecule has 19 heavy (non-hydrogen) atoms. The van der Waals surface area contributed by atoms with Gasteiger partial charge in [0.2, 0.25) is 0 Å². The van der Waals surface area contributed by atoms with Crippen molar-refractivity contribution in [1.82, 2.24) is 0 Å². The van der Waals surface area contributed by atoms with Crippen molar-refractivity contribution >= 4 is 18.4 Å². The molecule has 0 amide bonds. The van der Waals surface area contributed by atoms with Crippen LogP contribution in [0.3, 0.4) is 0 Å². The molecule has 0 saturated carbocycles. The van der Waals surface area contributed by atoms with E-state index in [1.54, 1.807) is 0 Å². The van der Waals surface area contributed by atoms with E-state index >= 15 is 0 Å². The second-order valence-electron chi connectivity index (χ2n) is 6.21. The Morgan fingerprint density at radius 1 is 0.842 bits per heavy atom. The summed E-state index contributed by atoms with van der Waals surface area (Å²) in [6.45, 7) is 8.98. The molecule has 3 heteroatoms. The van der Waals surface area contributed by atoms with Crippen LogP contribution in [0.15, 0.2) is 0 Å². The van der Waals surface area contributed by atoms with Gasteiger partial charge >= 0.3 is 125 Å². The maximum absolute atomic E-state index is 10.2. The average molecular weight is 379 g/mol. The van der Waals surface area contributed by atoms with E-state index in [0.29, 0.717) is 3.93 Å². The molecule has 0 unspecified atom stereocenters. The van der Waals surface area contributed by atoms with E-state index in [-0.39, 0.29) is 6.61 Å². The third-order valence-corrected chi connectivity index (χ3v) is 23.0. The molecule has 2 N–H and O–H groups in total. The fraction of sp³-hybridized carbons (Fsp3) is 1.00. The molecular weight excluding hydrogens is 343 g/mol. The van der Waals surface area contributed by atoms with Crippen LogP contribution in [0, 0.1) is 0 Å². The van der Waals surface area contributed by atoms with Crippen LogP contribution in [-0.4, -0.2) is 41.3 Å². The van der Waals surface area contributed by atoms with Crippen molar-refractivity contribution in [3.63, 3.8) is 0 Å². The first-order chi connectivity index (χ1) is 9.07. The summed E-state index contributed by atoms with van der Waals surface area (Å²) in [7, 11) is 0. The van der Waals surface area contributed by atoms with Gasteiger partial charge in [0.15, 0.2) is 0 Å². The second-order valence-corrected chi connectivity index (χ2v) is 20.9. The number of aliphatic hydroxyl groups is 2. The molecule has 0 saturated heterocycles. The molecule has 0 aromatic carbocycles. The summed E-state index contributed by atoms with van der Waals surface area (Å²) in [5.41, 5.74) is 0. The zero-order chi connectivity index (χ0) is 14.7. The molecule has 0 aromatic rings. The van der Waals surface area contributed by atoms with E-state index in [0.717, 1.165) is 0 Å². The number of unbranched alkanes of at least 4 members (excludes halogenated alkanes) is 3. The summed E-state index contributed by atoms with van der Waals surface area (Å²) in [5, 5.41) is 19.5. The van der Waals surface area contributed by atoms with Crippen molar-refractivity contribution in [2.24, 2.45) is 0 Å². The van der Waals surface area contributed by atoms with Gasteiger partial charge in [0, 0.05) is 0 Å². The summed E-state index contributed by atoms with van der Waals surface area (Å²) in [5.74, 6) is 0. The second kappa shape index (κ2) is 11.4. The summed E-state index contributed by atoms with van der Waals surface area (Å²) in [6.07, 6.45) is 7.29. The van der Waals surface area contributed by atoms with E-state index in [4.69, 9.17) is 0 Å². The molecule has 0 aliphatic carbocycles. The Balaban J connectivity index is 4.95. The minimum absolute atomic E-state index is 0.0514. The van der Waals surface area contributed by atoms with Crippen LogP contribution in [0.2, 0.25) is 17.2 Å². The molecule has 0 aromatic heterocycles. The Morgan fingerprint density at radius 3 is 1.47 bits per heavy atom. The van der Waals surface area contributed by atoms with Crippen molar-refractivity contribution in [2.75, 3.05) is 6.61 Å². The molecule has 0 aliphatic rings. The third kappa shape index (κ3) is 6.81. The van der Waals surface area contributed by atoms with Gasteiger partial charge in [-0.2, -0.15) is 0 Å². The van der Waals surface area contributed by atoms with Crippen molar-refractivity contribution in [3.8, 4) is 0 Å². The van der Waals surface area contributed by atoms with Gasteiger partial charge < -0.3 is 0 Å². The van der Waals surface area contributed by atoms with Crippen LogP contribution >= 0.6 is 0 Å². The molecule has 2 atom stereocenters. The molecule has 2 nitrogen and oxygen atoms in total. The fourth-order valence-corrected chi connectivity index (χ4v) is 20.9. The molecule has 0 rings (SSSR count). The van der Waals surface area contributed by atoms with E-state index in [1.165, 1.54) is 51.8 Å². The standard InChI is InChI=1S/C4H9O2.3C4H9.Sn/c1-2-4(6)3-5;3*1-3-4-2;/h2,4-6H,3H2,1H3;3*1,3-4H2,2H3;/t4-;;;;/m1..../s1. The molecular formula is C16H36O2Sn. The first-order valence-electron chi connectivity index (χ1n) is 8.36. The van der Waals surface area contributed by atoms with Gasteiger partial charge in [0.25, 0.3) is 0 Å². The topological polar surface area (TPSA) is 40.5 Å². The monoisotopic (exact) mass is 380 g/mol. The first-order valence-corrected chi connectivity index (χ1v) is 16.1. The van der Waals surface area contributed by atoms with E-state index in [2.05, 4.69) is 27.7 Å². The van der Waals surface area contributed by atoms with E-state index in [1.807, 2.05) is 0 Å². The molecule has 0 fully saturated rings. The van der Waals surface area contributed by atoms with Gasteiger partial charge in [0.1, 0.15) is 0 Å². The first kappa shape index (κ1) is 19.7. The van der Waals surface area contributed by atoms with Gasteiger partial charge in [-0.25, -0.2) is 0 Å². The van der Waals surface area contributed by atoms with Crippen LogP contribution in [0.5, 0.6) is 0 Å². The molecule has 0 spiro atoms. The van der Waals surface area contributed by atoms with E-state index in [9.17, 15) is 10.2 Å². The van der Waals surface area contributed by atoms with Gasteiger partial charge in [-0.1, -0.05) is 0 Å². The van der Waals surface area contributed by atoms with Crippen LogP contribution in [0.1, 0.15) is 66.2 Å². The maximum atomic E-state index is 10.2. The minimum atomic E-state index is -2.32. The molecule has 116 valence electrons. The van der Waals surface area contributed by atoms with Crippen LogP contribution in [0.4, 0.5) is 0 Å². The SMILES string of the molecule is CCC[CH2][Sn]([CH2]CCC)([CH2]CCC)[C@@H](C)[C@@H](O)CO. The van der Waals surface area contributed by atoms with Gasteiger partial charge in [-0.3, -0.25) is 0 Å². The van der Waals surface area contributed by atoms with E-state index < -0.39 is 24.5 Å². The van der Waals surface area contributed by atoms with Crippen molar-refractivity contribution in [2.45, 2.75) is 89.6 Å². The van der Waals surface area contributed by atoms with Crippen LogP contribution in [-0.2, 0) is 0 Å². The van der Waals surface area contributed by atoms with Gasteiger partial charge in [0.05, 0.1) is 0 Å². The fourth-order valence-electron chi connectivity index (χ4n) is 3.21. The predicted octanol–water partition coefficient (Wildman–Crippen LogP) is 4.58. The third-order valence-electron chi connectivity index (χ3n) is 4.81. The predicted molar refractivity (Wildman–Crippen MR) is 87.4 cm³/mol. The van der Waals surface area contributed by atoms with Crippen molar-refractivity contribution in [1.29, 1.82) is 0 Å².